The van der Waals surface area contributed by atoms with E-state index in [1.165, 1.54) is 0 Å². The molecule has 0 saturated heterocycles. The topological polar surface area (TPSA) is 52.6 Å². The third-order valence-electron chi connectivity index (χ3n) is 3.00. The molecule has 5 heteroatoms. The smallest absolute Gasteiger partial charge is 0.346 e. The summed E-state index contributed by atoms with van der Waals surface area (Å²) in [5.41, 5.74) is 0.822. The Morgan fingerprint density at radius 1 is 1.00 bits per heavy atom. The predicted octanol–water partition coefficient (Wildman–Crippen LogP) is 3.36. The average molecular weight is 286 g/mol. The molecule has 4 nitrogen and oxygen atoms in total. The van der Waals surface area contributed by atoms with E-state index in [4.69, 9.17) is 9.16 Å². The number of benzene rings is 2. The quantitative estimate of drug-likeness (QED) is 0.482. The summed E-state index contributed by atoms with van der Waals surface area (Å²) in [5.74, 6) is -0.554. The number of ether oxygens (including phenoxy) is 1. The van der Waals surface area contributed by atoms with Gasteiger partial charge in [-0.25, -0.2) is 9.59 Å². The molecule has 0 N–H and O–H groups in total. The minimum atomic E-state index is -1.77. The molecule has 1 heterocycles. The lowest BCUT2D eigenvalue weighted by atomic mass is 9.97. The molecule has 1 aliphatic rings. The Labute approximate surface area is 117 Å². The van der Waals surface area contributed by atoms with E-state index in [-0.39, 0.29) is 0 Å². The first-order chi connectivity index (χ1) is 9.35. The van der Waals surface area contributed by atoms with E-state index in [1.807, 2.05) is 12.1 Å². The van der Waals surface area contributed by atoms with Crippen LogP contribution in [-0.4, -0.2) is 20.3 Å². The van der Waals surface area contributed by atoms with Gasteiger partial charge < -0.3 is 9.16 Å². The van der Waals surface area contributed by atoms with Gasteiger partial charge in [0.05, 0.1) is 11.1 Å². The third kappa shape index (κ3) is 2.10. The standard InChI is InChI=1S/C15H14O4Si/c1-20(2,3)19-10-7-9-5-4-6-11-13(9)12(8-10)15(17)18-14(11)16/h4-8H,1-3H3. The molecular formula is C15H14O4Si. The van der Waals surface area contributed by atoms with Gasteiger partial charge in [0.15, 0.2) is 0 Å². The Hall–Kier alpha value is -2.14. The van der Waals surface area contributed by atoms with Gasteiger partial charge in [-0.15, -0.1) is 0 Å². The zero-order valence-electron chi connectivity index (χ0n) is 11.5. The average Bonchev–Trinajstić information content (AvgIpc) is 2.33. The Kier molecular flexibility index (Phi) is 2.69. The Bertz CT molecular complexity index is 743. The molecule has 0 atom stereocenters. The largest absolute Gasteiger partial charge is 0.544 e. The van der Waals surface area contributed by atoms with E-state index < -0.39 is 20.3 Å². The van der Waals surface area contributed by atoms with Gasteiger partial charge in [-0.05, 0) is 43.2 Å². The van der Waals surface area contributed by atoms with Crippen LogP contribution in [0.1, 0.15) is 20.7 Å². The lowest BCUT2D eigenvalue weighted by Gasteiger charge is -2.22. The molecule has 0 saturated carbocycles. The van der Waals surface area contributed by atoms with Gasteiger partial charge in [-0.1, -0.05) is 12.1 Å². The van der Waals surface area contributed by atoms with Crippen LogP contribution in [0.3, 0.4) is 0 Å². The molecule has 20 heavy (non-hydrogen) atoms. The van der Waals surface area contributed by atoms with E-state index in [0.717, 1.165) is 5.39 Å². The highest BCUT2D eigenvalue weighted by molar-refractivity contribution is 6.70. The molecule has 0 aromatic heterocycles. The molecule has 102 valence electrons. The molecular weight excluding hydrogens is 272 g/mol. The number of esters is 2. The van der Waals surface area contributed by atoms with Crippen molar-refractivity contribution in [1.82, 2.24) is 0 Å². The number of carbonyl (C=O) groups excluding carboxylic acids is 2. The highest BCUT2D eigenvalue weighted by Crippen LogP contribution is 2.33. The molecule has 3 rings (SSSR count). The minimum Gasteiger partial charge on any atom is -0.544 e. The van der Waals surface area contributed by atoms with E-state index in [0.29, 0.717) is 22.3 Å². The van der Waals surface area contributed by atoms with Crippen LogP contribution in [0, 0.1) is 0 Å². The van der Waals surface area contributed by atoms with Crippen LogP contribution in [0.25, 0.3) is 10.8 Å². The van der Waals surface area contributed by atoms with Crippen LogP contribution in [0.2, 0.25) is 19.6 Å². The summed E-state index contributed by atoms with van der Waals surface area (Å²) < 4.78 is 10.7. The minimum absolute atomic E-state index is 0.394. The van der Waals surface area contributed by atoms with Crippen LogP contribution in [0.5, 0.6) is 5.75 Å². The number of hydrogen-bond acceptors (Lipinski definition) is 4. The predicted molar refractivity (Wildman–Crippen MR) is 77.7 cm³/mol. The fourth-order valence-corrected chi connectivity index (χ4v) is 3.16. The van der Waals surface area contributed by atoms with E-state index in [2.05, 4.69) is 19.6 Å². The summed E-state index contributed by atoms with van der Waals surface area (Å²) in [6, 6.07) is 8.84. The van der Waals surface area contributed by atoms with Crippen LogP contribution in [0.15, 0.2) is 30.3 Å². The second-order valence-corrected chi connectivity index (χ2v) is 10.2. The number of cyclic esters (lactones) is 2. The molecule has 0 amide bonds. The first-order valence-corrected chi connectivity index (χ1v) is 9.78. The Balaban J connectivity index is 2.27. The van der Waals surface area contributed by atoms with Gasteiger partial charge in [0.25, 0.3) is 0 Å². The summed E-state index contributed by atoms with van der Waals surface area (Å²) in [7, 11) is -1.77. The molecule has 0 bridgehead atoms. The normalized spacial score (nSPS) is 14.3. The van der Waals surface area contributed by atoms with E-state index in [1.54, 1.807) is 18.2 Å². The van der Waals surface area contributed by atoms with Crippen LogP contribution >= 0.6 is 0 Å². The molecule has 0 fully saturated rings. The van der Waals surface area contributed by atoms with Gasteiger partial charge >= 0.3 is 11.9 Å². The van der Waals surface area contributed by atoms with Crippen molar-refractivity contribution >= 4 is 31.0 Å². The lowest BCUT2D eigenvalue weighted by Crippen LogP contribution is -2.29. The zero-order chi connectivity index (χ0) is 14.5. The highest BCUT2D eigenvalue weighted by Gasteiger charge is 2.28. The van der Waals surface area contributed by atoms with Gasteiger partial charge in [0, 0.05) is 5.39 Å². The lowest BCUT2D eigenvalue weighted by molar-refractivity contribution is 0.0391. The third-order valence-corrected chi connectivity index (χ3v) is 3.85. The number of carbonyl (C=O) groups is 2. The maximum absolute atomic E-state index is 11.9. The highest BCUT2D eigenvalue weighted by atomic mass is 28.4. The summed E-state index contributed by atoms with van der Waals surface area (Å²) in [6.07, 6.45) is 0. The maximum atomic E-state index is 11.9. The summed E-state index contributed by atoms with van der Waals surface area (Å²) >= 11 is 0. The van der Waals surface area contributed by atoms with Crippen molar-refractivity contribution < 1.29 is 18.8 Å². The second kappa shape index (κ2) is 4.18. The maximum Gasteiger partial charge on any atom is 0.346 e. The fourth-order valence-electron chi connectivity index (χ4n) is 2.34. The van der Waals surface area contributed by atoms with Gasteiger partial charge in [-0.3, -0.25) is 0 Å². The van der Waals surface area contributed by atoms with Crippen molar-refractivity contribution in [1.29, 1.82) is 0 Å². The Morgan fingerprint density at radius 3 is 2.40 bits per heavy atom. The monoisotopic (exact) mass is 286 g/mol. The number of rotatable bonds is 2. The molecule has 0 radical (unpaired) electrons. The van der Waals surface area contributed by atoms with Crippen LogP contribution < -0.4 is 4.43 Å². The van der Waals surface area contributed by atoms with Crippen molar-refractivity contribution in [3.63, 3.8) is 0 Å². The van der Waals surface area contributed by atoms with Gasteiger partial charge in [0.1, 0.15) is 5.75 Å². The first kappa shape index (κ1) is 12.9. The molecule has 2 aromatic carbocycles. The van der Waals surface area contributed by atoms with Crippen molar-refractivity contribution in [3.05, 3.63) is 41.5 Å². The van der Waals surface area contributed by atoms with Crippen LogP contribution in [-0.2, 0) is 4.74 Å². The van der Waals surface area contributed by atoms with Crippen molar-refractivity contribution in [2.45, 2.75) is 19.6 Å². The van der Waals surface area contributed by atoms with E-state index >= 15 is 0 Å². The first-order valence-electron chi connectivity index (χ1n) is 6.37. The molecule has 0 aliphatic carbocycles. The van der Waals surface area contributed by atoms with Crippen molar-refractivity contribution in [2.75, 3.05) is 0 Å². The summed E-state index contributed by atoms with van der Waals surface area (Å²) in [5, 5.41) is 1.47. The summed E-state index contributed by atoms with van der Waals surface area (Å²) in [4.78, 5) is 23.6. The van der Waals surface area contributed by atoms with Crippen LogP contribution in [0.4, 0.5) is 0 Å². The molecule has 0 spiro atoms. The Morgan fingerprint density at radius 2 is 1.70 bits per heavy atom. The second-order valence-electron chi connectivity index (χ2n) is 5.77. The molecule has 0 unspecified atom stereocenters. The molecule has 2 aromatic rings. The SMILES string of the molecule is C[Si](C)(C)Oc1cc2c3c(cccc3c1)C(=O)OC2=O. The fraction of sp³-hybridized carbons (Fsp3) is 0.200. The zero-order valence-corrected chi connectivity index (χ0v) is 12.5. The van der Waals surface area contributed by atoms with Gasteiger partial charge in [0.2, 0.25) is 8.32 Å². The molecule has 1 aliphatic heterocycles. The van der Waals surface area contributed by atoms with E-state index in [9.17, 15) is 9.59 Å². The van der Waals surface area contributed by atoms with Crippen molar-refractivity contribution in [2.24, 2.45) is 0 Å². The summed E-state index contributed by atoms with van der Waals surface area (Å²) in [6.45, 7) is 6.21. The number of hydrogen-bond donors (Lipinski definition) is 0. The van der Waals surface area contributed by atoms with Gasteiger partial charge in [-0.2, -0.15) is 0 Å². The van der Waals surface area contributed by atoms with Crippen molar-refractivity contribution in [3.8, 4) is 5.75 Å².